The highest BCUT2D eigenvalue weighted by molar-refractivity contribution is 5.97. The molecule has 0 fully saturated rings. The molecule has 26 heavy (non-hydrogen) atoms. The number of carboxylic acid groups (broad SMARTS) is 1. The molecule has 1 aliphatic rings. The van der Waals surface area contributed by atoms with E-state index in [-0.39, 0.29) is 11.6 Å². The molecule has 0 saturated carbocycles. The molecule has 0 aliphatic heterocycles. The fourth-order valence-electron chi connectivity index (χ4n) is 3.06. The van der Waals surface area contributed by atoms with Gasteiger partial charge in [-0.15, -0.1) is 0 Å². The van der Waals surface area contributed by atoms with E-state index in [2.05, 4.69) is 22.8 Å². The SMILES string of the molecule is CCC(NC(=O)/C(C#N)=C\NC(C)C(=O)O)c1ccc2c(c1)CCCC2. The molecule has 1 aromatic rings. The number of aliphatic carboxylic acids is 1. The molecule has 2 unspecified atom stereocenters. The van der Waals surface area contributed by atoms with E-state index in [9.17, 15) is 14.9 Å². The second-order valence-corrected chi connectivity index (χ2v) is 6.57. The van der Waals surface area contributed by atoms with Crippen LogP contribution in [-0.4, -0.2) is 23.0 Å². The average molecular weight is 355 g/mol. The zero-order chi connectivity index (χ0) is 19.1. The first kappa shape index (κ1) is 19.5. The molecule has 2 rings (SSSR count). The number of aryl methyl sites for hydroxylation is 2. The Morgan fingerprint density at radius 3 is 2.62 bits per heavy atom. The number of carbonyl (C=O) groups is 2. The van der Waals surface area contributed by atoms with Crippen molar-refractivity contribution in [3.05, 3.63) is 46.7 Å². The number of nitrogens with one attached hydrogen (secondary N) is 2. The summed E-state index contributed by atoms with van der Waals surface area (Å²) in [6.45, 7) is 3.42. The van der Waals surface area contributed by atoms with Gasteiger partial charge < -0.3 is 15.7 Å². The summed E-state index contributed by atoms with van der Waals surface area (Å²) in [6.07, 6.45) is 6.43. The average Bonchev–Trinajstić information content (AvgIpc) is 2.65. The maximum Gasteiger partial charge on any atom is 0.325 e. The van der Waals surface area contributed by atoms with Crippen LogP contribution in [0.2, 0.25) is 0 Å². The van der Waals surface area contributed by atoms with Crippen LogP contribution in [0.1, 0.15) is 55.8 Å². The molecule has 2 atom stereocenters. The number of carboxylic acids is 1. The van der Waals surface area contributed by atoms with E-state index in [1.165, 1.54) is 30.9 Å². The Bertz CT molecular complexity index is 749. The summed E-state index contributed by atoms with van der Waals surface area (Å²) in [7, 11) is 0. The van der Waals surface area contributed by atoms with E-state index >= 15 is 0 Å². The van der Waals surface area contributed by atoms with Gasteiger partial charge >= 0.3 is 5.97 Å². The maximum atomic E-state index is 12.4. The first-order chi connectivity index (χ1) is 12.5. The van der Waals surface area contributed by atoms with Gasteiger partial charge in [0.05, 0.1) is 6.04 Å². The number of benzene rings is 1. The van der Waals surface area contributed by atoms with E-state index < -0.39 is 17.9 Å². The van der Waals surface area contributed by atoms with Gasteiger partial charge in [0.2, 0.25) is 0 Å². The van der Waals surface area contributed by atoms with Crippen LogP contribution < -0.4 is 10.6 Å². The number of hydrogen-bond acceptors (Lipinski definition) is 4. The second kappa shape index (κ2) is 9.04. The predicted octanol–water partition coefficient (Wildman–Crippen LogP) is 2.60. The minimum atomic E-state index is -1.06. The normalized spacial score (nSPS) is 16.0. The molecule has 0 aromatic heterocycles. The van der Waals surface area contributed by atoms with E-state index in [1.807, 2.05) is 19.1 Å². The predicted molar refractivity (Wildman–Crippen MR) is 98.2 cm³/mol. The molecule has 1 amide bonds. The van der Waals surface area contributed by atoms with Gasteiger partial charge in [-0.3, -0.25) is 9.59 Å². The van der Waals surface area contributed by atoms with Gasteiger partial charge in [0.25, 0.3) is 5.91 Å². The third-order valence-corrected chi connectivity index (χ3v) is 4.70. The fourth-order valence-corrected chi connectivity index (χ4v) is 3.06. The molecule has 1 aliphatic carbocycles. The van der Waals surface area contributed by atoms with Crippen LogP contribution in [0.3, 0.4) is 0 Å². The molecule has 6 nitrogen and oxygen atoms in total. The number of nitrogens with zero attached hydrogens (tertiary/aromatic N) is 1. The molecule has 0 spiro atoms. The lowest BCUT2D eigenvalue weighted by molar-refractivity contribution is -0.138. The van der Waals surface area contributed by atoms with E-state index in [1.54, 1.807) is 0 Å². The van der Waals surface area contributed by atoms with Crippen LogP contribution in [0.15, 0.2) is 30.0 Å². The van der Waals surface area contributed by atoms with Crippen LogP contribution in [0.4, 0.5) is 0 Å². The van der Waals surface area contributed by atoms with Gasteiger partial charge in [0, 0.05) is 6.20 Å². The van der Waals surface area contributed by atoms with Crippen molar-refractivity contribution in [1.82, 2.24) is 10.6 Å². The second-order valence-electron chi connectivity index (χ2n) is 6.57. The molecule has 6 heteroatoms. The van der Waals surface area contributed by atoms with E-state index in [0.29, 0.717) is 6.42 Å². The highest BCUT2D eigenvalue weighted by atomic mass is 16.4. The molecule has 0 saturated heterocycles. The number of nitriles is 1. The summed E-state index contributed by atoms with van der Waals surface area (Å²) in [5.41, 5.74) is 3.61. The summed E-state index contributed by atoms with van der Waals surface area (Å²) in [5, 5.41) is 23.5. The van der Waals surface area contributed by atoms with Crippen LogP contribution in [0.25, 0.3) is 0 Å². The molecule has 3 N–H and O–H groups in total. The first-order valence-corrected chi connectivity index (χ1v) is 8.98. The van der Waals surface area contributed by atoms with Crippen LogP contribution in [0, 0.1) is 11.3 Å². The van der Waals surface area contributed by atoms with Crippen molar-refractivity contribution in [1.29, 1.82) is 5.26 Å². The van der Waals surface area contributed by atoms with Crippen molar-refractivity contribution >= 4 is 11.9 Å². The molecule has 0 bridgehead atoms. The number of amides is 1. The minimum Gasteiger partial charge on any atom is -0.480 e. The highest BCUT2D eigenvalue weighted by Gasteiger charge is 2.19. The fraction of sp³-hybridized carbons (Fsp3) is 0.450. The Balaban J connectivity index is 2.10. The Hall–Kier alpha value is -2.81. The lowest BCUT2D eigenvalue weighted by Crippen LogP contribution is -2.33. The lowest BCUT2D eigenvalue weighted by Gasteiger charge is -2.21. The number of rotatable bonds is 7. The van der Waals surface area contributed by atoms with Gasteiger partial charge in [-0.1, -0.05) is 25.1 Å². The third kappa shape index (κ3) is 4.85. The monoisotopic (exact) mass is 355 g/mol. The summed E-state index contributed by atoms with van der Waals surface area (Å²) in [4.78, 5) is 23.2. The Kier molecular flexibility index (Phi) is 6.79. The summed E-state index contributed by atoms with van der Waals surface area (Å²) >= 11 is 0. The lowest BCUT2D eigenvalue weighted by atomic mass is 9.88. The number of fused-ring (bicyclic) bond motifs is 1. The van der Waals surface area contributed by atoms with Crippen LogP contribution >= 0.6 is 0 Å². The van der Waals surface area contributed by atoms with Crippen molar-refractivity contribution in [3.8, 4) is 6.07 Å². The largest absolute Gasteiger partial charge is 0.480 e. The standard InChI is InChI=1S/C20H25N3O3/c1-3-18(16-9-8-14-6-4-5-7-15(14)10-16)23-19(24)17(11-21)12-22-13(2)20(25)26/h8-10,12-13,18,22H,3-7H2,1-2H3,(H,23,24)(H,25,26)/b17-12-. The Labute approximate surface area is 153 Å². The summed E-state index contributed by atoms with van der Waals surface area (Å²) in [6, 6.07) is 7.08. The number of carbonyl (C=O) groups excluding carboxylic acids is 1. The molecule has 1 aromatic carbocycles. The minimum absolute atomic E-state index is 0.144. The van der Waals surface area contributed by atoms with Crippen molar-refractivity contribution in [2.45, 2.75) is 58.0 Å². The molecular weight excluding hydrogens is 330 g/mol. The quantitative estimate of drug-likeness (QED) is 0.515. The van der Waals surface area contributed by atoms with Gasteiger partial charge in [-0.05, 0) is 55.7 Å². The van der Waals surface area contributed by atoms with Gasteiger partial charge in [0.1, 0.15) is 17.7 Å². The zero-order valence-corrected chi connectivity index (χ0v) is 15.2. The van der Waals surface area contributed by atoms with Crippen molar-refractivity contribution < 1.29 is 14.7 Å². The van der Waals surface area contributed by atoms with Crippen molar-refractivity contribution in [2.75, 3.05) is 0 Å². The highest BCUT2D eigenvalue weighted by Crippen LogP contribution is 2.26. The van der Waals surface area contributed by atoms with Crippen molar-refractivity contribution in [3.63, 3.8) is 0 Å². The van der Waals surface area contributed by atoms with Crippen LogP contribution in [0.5, 0.6) is 0 Å². The Morgan fingerprint density at radius 2 is 2.00 bits per heavy atom. The molecule has 0 radical (unpaired) electrons. The smallest absolute Gasteiger partial charge is 0.325 e. The number of hydrogen-bond donors (Lipinski definition) is 3. The first-order valence-electron chi connectivity index (χ1n) is 8.98. The van der Waals surface area contributed by atoms with Gasteiger partial charge in [-0.25, -0.2) is 0 Å². The van der Waals surface area contributed by atoms with Gasteiger partial charge in [-0.2, -0.15) is 5.26 Å². The summed E-state index contributed by atoms with van der Waals surface area (Å²) < 4.78 is 0. The maximum absolute atomic E-state index is 12.4. The van der Waals surface area contributed by atoms with Crippen LogP contribution in [-0.2, 0) is 22.4 Å². The third-order valence-electron chi connectivity index (χ3n) is 4.70. The molecular formula is C20H25N3O3. The topological polar surface area (TPSA) is 102 Å². The molecule has 0 heterocycles. The van der Waals surface area contributed by atoms with Gasteiger partial charge in [0.15, 0.2) is 0 Å². The van der Waals surface area contributed by atoms with Crippen molar-refractivity contribution in [2.24, 2.45) is 0 Å². The van der Waals surface area contributed by atoms with E-state index in [4.69, 9.17) is 5.11 Å². The zero-order valence-electron chi connectivity index (χ0n) is 15.2. The Morgan fingerprint density at radius 1 is 1.31 bits per heavy atom. The summed E-state index contributed by atoms with van der Waals surface area (Å²) in [5.74, 6) is -1.57. The molecule has 138 valence electrons. The van der Waals surface area contributed by atoms with E-state index in [0.717, 1.165) is 24.6 Å².